The number of anilines is 1. The molecule has 0 N–H and O–H groups in total. The van der Waals surface area contributed by atoms with Gasteiger partial charge in [0.05, 0.1) is 12.3 Å². The van der Waals surface area contributed by atoms with Crippen LogP contribution in [0.15, 0.2) is 18.2 Å². The Labute approximate surface area is 124 Å². The number of thiol groups is 1. The van der Waals surface area contributed by atoms with Crippen molar-refractivity contribution in [2.24, 2.45) is 5.92 Å². The second-order valence-corrected chi connectivity index (χ2v) is 5.52. The molecule has 1 aromatic carbocycles. The Kier molecular flexibility index (Phi) is 4.99. The van der Waals surface area contributed by atoms with Gasteiger partial charge in [-0.1, -0.05) is 18.5 Å². The molecule has 3 nitrogen and oxygen atoms in total. The zero-order chi connectivity index (χ0) is 13.8. The highest BCUT2D eigenvalue weighted by molar-refractivity contribution is 7.80. The predicted molar refractivity (Wildman–Crippen MR) is 81.6 cm³/mol. The molecule has 0 saturated carbocycles. The van der Waals surface area contributed by atoms with Crippen LogP contribution in [0.5, 0.6) is 5.75 Å². The molecular weight excluding hydrogens is 282 g/mol. The van der Waals surface area contributed by atoms with Crippen LogP contribution in [0.25, 0.3) is 0 Å². The first-order valence-electron chi connectivity index (χ1n) is 6.49. The van der Waals surface area contributed by atoms with Gasteiger partial charge in [-0.15, -0.1) is 0 Å². The summed E-state index contributed by atoms with van der Waals surface area (Å²) < 4.78 is 5.70. The fourth-order valence-electron chi connectivity index (χ4n) is 2.17. The number of carbonyl (C=O) groups is 1. The van der Waals surface area contributed by atoms with Crippen molar-refractivity contribution in [1.29, 1.82) is 0 Å². The van der Waals surface area contributed by atoms with Crippen LogP contribution in [0, 0.1) is 5.92 Å². The number of hydrogen-bond donors (Lipinski definition) is 1. The summed E-state index contributed by atoms with van der Waals surface area (Å²) in [5.74, 6) is 1.85. The zero-order valence-corrected chi connectivity index (χ0v) is 12.6. The summed E-state index contributed by atoms with van der Waals surface area (Å²) in [5, 5.41) is 0.612. The van der Waals surface area contributed by atoms with Gasteiger partial charge in [-0.2, -0.15) is 12.6 Å². The number of amides is 1. The Morgan fingerprint density at radius 1 is 1.53 bits per heavy atom. The first kappa shape index (κ1) is 14.5. The number of ether oxygens (including phenoxy) is 1. The summed E-state index contributed by atoms with van der Waals surface area (Å²) in [4.78, 5) is 13.8. The van der Waals surface area contributed by atoms with Crippen molar-refractivity contribution in [1.82, 2.24) is 0 Å². The topological polar surface area (TPSA) is 29.5 Å². The van der Waals surface area contributed by atoms with Crippen molar-refractivity contribution in [2.45, 2.75) is 19.8 Å². The quantitative estimate of drug-likeness (QED) is 0.844. The molecule has 19 heavy (non-hydrogen) atoms. The molecule has 1 heterocycles. The van der Waals surface area contributed by atoms with Crippen LogP contribution in [0.4, 0.5) is 5.69 Å². The largest absolute Gasteiger partial charge is 0.491 e. The van der Waals surface area contributed by atoms with Gasteiger partial charge in [0, 0.05) is 18.0 Å². The average Bonchev–Trinajstić information content (AvgIpc) is 2.78. The van der Waals surface area contributed by atoms with Crippen LogP contribution in [-0.2, 0) is 4.79 Å². The Balaban J connectivity index is 2.27. The van der Waals surface area contributed by atoms with E-state index in [-0.39, 0.29) is 5.91 Å². The van der Waals surface area contributed by atoms with Crippen LogP contribution in [0.1, 0.15) is 19.8 Å². The van der Waals surface area contributed by atoms with Crippen molar-refractivity contribution < 1.29 is 9.53 Å². The summed E-state index contributed by atoms with van der Waals surface area (Å²) in [6, 6.07) is 5.41. The minimum Gasteiger partial charge on any atom is -0.491 e. The Hall–Kier alpha value is -0.870. The van der Waals surface area contributed by atoms with Gasteiger partial charge >= 0.3 is 0 Å². The van der Waals surface area contributed by atoms with E-state index in [0.717, 1.165) is 17.9 Å². The molecule has 0 radical (unpaired) electrons. The summed E-state index contributed by atoms with van der Waals surface area (Å²) >= 11 is 10.3. The number of rotatable bonds is 5. The lowest BCUT2D eigenvalue weighted by molar-refractivity contribution is -0.117. The van der Waals surface area contributed by atoms with E-state index in [1.807, 2.05) is 13.0 Å². The SMILES string of the molecule is CCCOc1ccc(Cl)cc1N1CC(CS)CC1=O. The highest BCUT2D eigenvalue weighted by Gasteiger charge is 2.31. The monoisotopic (exact) mass is 299 g/mol. The fourth-order valence-corrected chi connectivity index (χ4v) is 2.58. The predicted octanol–water partition coefficient (Wildman–Crippen LogP) is 3.41. The second-order valence-electron chi connectivity index (χ2n) is 4.72. The normalized spacial score (nSPS) is 19.0. The zero-order valence-electron chi connectivity index (χ0n) is 10.9. The summed E-state index contributed by atoms with van der Waals surface area (Å²) in [6.45, 7) is 3.37. The van der Waals surface area contributed by atoms with Crippen LogP contribution in [0.2, 0.25) is 5.02 Å². The van der Waals surface area contributed by atoms with Crippen LogP contribution in [0.3, 0.4) is 0 Å². The molecule has 1 atom stereocenters. The number of halogens is 1. The lowest BCUT2D eigenvalue weighted by Gasteiger charge is -2.20. The van der Waals surface area contributed by atoms with Crippen molar-refractivity contribution in [3.05, 3.63) is 23.2 Å². The molecule has 1 amide bonds. The van der Waals surface area contributed by atoms with E-state index < -0.39 is 0 Å². The maximum absolute atomic E-state index is 12.1. The van der Waals surface area contributed by atoms with E-state index in [1.54, 1.807) is 17.0 Å². The van der Waals surface area contributed by atoms with E-state index in [1.165, 1.54) is 0 Å². The number of carbonyl (C=O) groups excluding carboxylic acids is 1. The molecule has 0 spiro atoms. The lowest BCUT2D eigenvalue weighted by atomic mass is 10.1. The highest BCUT2D eigenvalue weighted by atomic mass is 35.5. The molecule has 104 valence electrons. The van der Waals surface area contributed by atoms with Gasteiger partial charge in [0.15, 0.2) is 0 Å². The van der Waals surface area contributed by atoms with Gasteiger partial charge in [-0.05, 0) is 36.3 Å². The third-order valence-electron chi connectivity index (χ3n) is 3.14. The standard InChI is InChI=1S/C14H18ClNO2S/c1-2-5-18-13-4-3-11(15)7-12(13)16-8-10(9-19)6-14(16)17/h3-4,7,10,19H,2,5-6,8-9H2,1H3. The molecule has 1 fully saturated rings. The molecule has 1 unspecified atom stereocenters. The molecule has 0 aromatic heterocycles. The van der Waals surface area contributed by atoms with Crippen molar-refractivity contribution >= 4 is 35.8 Å². The first-order chi connectivity index (χ1) is 9.15. The van der Waals surface area contributed by atoms with Gasteiger partial charge in [-0.25, -0.2) is 0 Å². The van der Waals surface area contributed by atoms with E-state index in [9.17, 15) is 4.79 Å². The fraction of sp³-hybridized carbons (Fsp3) is 0.500. The molecule has 0 aliphatic carbocycles. The Morgan fingerprint density at radius 3 is 2.95 bits per heavy atom. The molecule has 0 bridgehead atoms. The van der Waals surface area contributed by atoms with E-state index in [2.05, 4.69) is 12.6 Å². The van der Waals surface area contributed by atoms with Crippen LogP contribution in [-0.4, -0.2) is 24.8 Å². The highest BCUT2D eigenvalue weighted by Crippen LogP contribution is 2.35. The van der Waals surface area contributed by atoms with Gasteiger partial charge < -0.3 is 9.64 Å². The van der Waals surface area contributed by atoms with Crippen molar-refractivity contribution in [2.75, 3.05) is 23.8 Å². The molecule has 1 aromatic rings. The molecular formula is C14H18ClNO2S. The third-order valence-corrected chi connectivity index (χ3v) is 3.89. The smallest absolute Gasteiger partial charge is 0.227 e. The first-order valence-corrected chi connectivity index (χ1v) is 7.50. The van der Waals surface area contributed by atoms with Crippen LogP contribution < -0.4 is 9.64 Å². The van der Waals surface area contributed by atoms with E-state index in [4.69, 9.17) is 16.3 Å². The second kappa shape index (κ2) is 6.53. The van der Waals surface area contributed by atoms with E-state index in [0.29, 0.717) is 36.3 Å². The minimum atomic E-state index is 0.114. The van der Waals surface area contributed by atoms with Gasteiger partial charge in [0.2, 0.25) is 5.91 Å². The third kappa shape index (κ3) is 3.37. The summed E-state index contributed by atoms with van der Waals surface area (Å²) in [7, 11) is 0. The van der Waals surface area contributed by atoms with Crippen molar-refractivity contribution in [3.8, 4) is 5.75 Å². The van der Waals surface area contributed by atoms with Crippen molar-refractivity contribution in [3.63, 3.8) is 0 Å². The van der Waals surface area contributed by atoms with Gasteiger partial charge in [0.25, 0.3) is 0 Å². The van der Waals surface area contributed by atoms with Gasteiger partial charge in [-0.3, -0.25) is 4.79 Å². The average molecular weight is 300 g/mol. The van der Waals surface area contributed by atoms with Gasteiger partial charge in [0.1, 0.15) is 5.75 Å². The molecule has 1 aliphatic rings. The molecule has 1 saturated heterocycles. The number of hydrogen-bond acceptors (Lipinski definition) is 3. The lowest BCUT2D eigenvalue weighted by Crippen LogP contribution is -2.25. The molecule has 5 heteroatoms. The summed E-state index contributed by atoms with van der Waals surface area (Å²) in [5.41, 5.74) is 0.773. The maximum atomic E-state index is 12.1. The molecule has 1 aliphatic heterocycles. The minimum absolute atomic E-state index is 0.114. The molecule has 2 rings (SSSR count). The number of benzene rings is 1. The maximum Gasteiger partial charge on any atom is 0.227 e. The Morgan fingerprint density at radius 2 is 2.32 bits per heavy atom. The number of nitrogens with zero attached hydrogens (tertiary/aromatic N) is 1. The summed E-state index contributed by atoms with van der Waals surface area (Å²) in [6.07, 6.45) is 1.47. The van der Waals surface area contributed by atoms with Crippen LogP contribution >= 0.6 is 24.2 Å². The van der Waals surface area contributed by atoms with E-state index >= 15 is 0 Å². The Bertz CT molecular complexity index is 467.